The Morgan fingerprint density at radius 2 is 1.50 bits per heavy atom. The molecule has 0 aliphatic heterocycles. The summed E-state index contributed by atoms with van der Waals surface area (Å²) in [6, 6.07) is 9.14. The van der Waals surface area contributed by atoms with Gasteiger partial charge in [-0.15, -0.1) is 0 Å². The predicted octanol–water partition coefficient (Wildman–Crippen LogP) is 4.37. The van der Waals surface area contributed by atoms with Crippen molar-refractivity contribution >= 4 is 0 Å². The molecule has 0 amide bonds. The van der Waals surface area contributed by atoms with E-state index in [1.165, 1.54) is 51.4 Å². The minimum absolute atomic E-state index is 0.992. The molecule has 1 aromatic carbocycles. The molecule has 2 atom stereocenters. The van der Waals surface area contributed by atoms with Crippen LogP contribution in [0.15, 0.2) is 24.3 Å². The average molecular weight is 214 g/mol. The van der Waals surface area contributed by atoms with Crippen molar-refractivity contribution in [2.45, 2.75) is 51.4 Å². The fraction of sp³-hybridized carbons (Fsp3) is 0.625. The first-order valence-corrected chi connectivity index (χ1v) is 7.00. The minimum Gasteiger partial charge on any atom is -0.0620 e. The Morgan fingerprint density at radius 3 is 2.38 bits per heavy atom. The van der Waals surface area contributed by atoms with Gasteiger partial charge in [-0.3, -0.25) is 0 Å². The maximum absolute atomic E-state index is 2.36. The van der Waals surface area contributed by atoms with Crippen molar-refractivity contribution in [1.82, 2.24) is 0 Å². The molecule has 0 radical (unpaired) electrons. The SMILES string of the molecule is c1ccc2c(c1)CC[C@H]1CCCCC[C@H]1C2. The van der Waals surface area contributed by atoms with E-state index >= 15 is 0 Å². The summed E-state index contributed by atoms with van der Waals surface area (Å²) in [5.74, 6) is 2.01. The zero-order valence-electron chi connectivity index (χ0n) is 10.1. The Kier molecular flexibility index (Phi) is 2.99. The maximum Gasteiger partial charge on any atom is -0.0245 e. The molecule has 1 aromatic rings. The quantitative estimate of drug-likeness (QED) is 0.601. The van der Waals surface area contributed by atoms with Crippen LogP contribution >= 0.6 is 0 Å². The van der Waals surface area contributed by atoms with E-state index in [9.17, 15) is 0 Å². The molecule has 0 bridgehead atoms. The van der Waals surface area contributed by atoms with Crippen LogP contribution in [0.1, 0.15) is 49.7 Å². The summed E-state index contributed by atoms with van der Waals surface area (Å²) >= 11 is 0. The fourth-order valence-corrected chi connectivity index (χ4v) is 3.73. The van der Waals surface area contributed by atoms with Gasteiger partial charge in [-0.2, -0.15) is 0 Å². The molecule has 16 heavy (non-hydrogen) atoms. The van der Waals surface area contributed by atoms with Crippen molar-refractivity contribution in [1.29, 1.82) is 0 Å². The second kappa shape index (κ2) is 4.61. The van der Waals surface area contributed by atoms with Crippen molar-refractivity contribution in [3.63, 3.8) is 0 Å². The number of hydrogen-bond donors (Lipinski definition) is 0. The molecule has 3 rings (SSSR count). The van der Waals surface area contributed by atoms with Crippen LogP contribution in [0.25, 0.3) is 0 Å². The first kappa shape index (κ1) is 10.4. The molecule has 0 heterocycles. The second-order valence-electron chi connectivity index (χ2n) is 5.67. The first-order chi connectivity index (χ1) is 7.93. The van der Waals surface area contributed by atoms with Gasteiger partial charge in [0.2, 0.25) is 0 Å². The monoisotopic (exact) mass is 214 g/mol. The molecule has 0 heteroatoms. The number of benzene rings is 1. The van der Waals surface area contributed by atoms with Crippen molar-refractivity contribution in [3.05, 3.63) is 35.4 Å². The Bertz CT molecular complexity index is 353. The van der Waals surface area contributed by atoms with Crippen LogP contribution in [0.3, 0.4) is 0 Å². The lowest BCUT2D eigenvalue weighted by Gasteiger charge is -2.22. The van der Waals surface area contributed by atoms with E-state index in [1.54, 1.807) is 11.1 Å². The van der Waals surface area contributed by atoms with Crippen LogP contribution in [-0.4, -0.2) is 0 Å². The molecule has 0 unspecified atom stereocenters. The van der Waals surface area contributed by atoms with Crippen LogP contribution in [-0.2, 0) is 12.8 Å². The van der Waals surface area contributed by atoms with E-state index < -0.39 is 0 Å². The molecule has 2 aliphatic carbocycles. The molecule has 1 fully saturated rings. The van der Waals surface area contributed by atoms with Crippen molar-refractivity contribution in [2.75, 3.05) is 0 Å². The summed E-state index contributed by atoms with van der Waals surface area (Å²) in [5.41, 5.74) is 3.28. The smallest absolute Gasteiger partial charge is 0.0245 e. The Morgan fingerprint density at radius 1 is 0.750 bits per heavy atom. The zero-order valence-corrected chi connectivity index (χ0v) is 10.1. The topological polar surface area (TPSA) is 0 Å². The summed E-state index contributed by atoms with van der Waals surface area (Å²) in [5, 5.41) is 0. The molecular formula is C16H22. The zero-order chi connectivity index (χ0) is 10.8. The fourth-order valence-electron chi connectivity index (χ4n) is 3.73. The molecule has 0 saturated heterocycles. The molecule has 0 aromatic heterocycles. The summed E-state index contributed by atoms with van der Waals surface area (Å²) in [6.45, 7) is 0. The van der Waals surface area contributed by atoms with Crippen LogP contribution in [0.2, 0.25) is 0 Å². The third-order valence-electron chi connectivity index (χ3n) is 4.70. The highest BCUT2D eigenvalue weighted by Gasteiger charge is 2.26. The molecule has 0 spiro atoms. The Balaban J connectivity index is 1.85. The summed E-state index contributed by atoms with van der Waals surface area (Å²) in [7, 11) is 0. The molecule has 2 aliphatic rings. The van der Waals surface area contributed by atoms with Gasteiger partial charge >= 0.3 is 0 Å². The van der Waals surface area contributed by atoms with Gasteiger partial charge < -0.3 is 0 Å². The summed E-state index contributed by atoms with van der Waals surface area (Å²) < 4.78 is 0. The standard InChI is InChI=1S/C16H22/c1-2-6-13-10-11-14-7-4-5-9-16(14)12-15(13)8-3-1/h4-5,7,9,13,15H,1-3,6,8,10-12H2/t13-,15+/m1/s1. The highest BCUT2D eigenvalue weighted by molar-refractivity contribution is 5.28. The molecule has 0 nitrogen and oxygen atoms in total. The normalized spacial score (nSPS) is 29.8. The lowest BCUT2D eigenvalue weighted by molar-refractivity contribution is 0.302. The van der Waals surface area contributed by atoms with Gasteiger partial charge in [0, 0.05) is 0 Å². The lowest BCUT2D eigenvalue weighted by Crippen LogP contribution is -2.14. The van der Waals surface area contributed by atoms with Crippen LogP contribution in [0, 0.1) is 11.8 Å². The van der Waals surface area contributed by atoms with E-state index in [-0.39, 0.29) is 0 Å². The number of rotatable bonds is 0. The van der Waals surface area contributed by atoms with E-state index in [0.717, 1.165) is 11.8 Å². The Labute approximate surface area is 99.1 Å². The van der Waals surface area contributed by atoms with Gasteiger partial charge in [-0.05, 0) is 48.6 Å². The summed E-state index contributed by atoms with van der Waals surface area (Å²) in [4.78, 5) is 0. The van der Waals surface area contributed by atoms with E-state index in [4.69, 9.17) is 0 Å². The third-order valence-corrected chi connectivity index (χ3v) is 4.70. The maximum atomic E-state index is 2.36. The van der Waals surface area contributed by atoms with Gasteiger partial charge in [0.1, 0.15) is 0 Å². The molecule has 1 saturated carbocycles. The van der Waals surface area contributed by atoms with E-state index in [2.05, 4.69) is 24.3 Å². The van der Waals surface area contributed by atoms with Crippen molar-refractivity contribution in [3.8, 4) is 0 Å². The molecule has 0 N–H and O–H groups in total. The third kappa shape index (κ3) is 2.03. The van der Waals surface area contributed by atoms with Crippen molar-refractivity contribution in [2.24, 2.45) is 11.8 Å². The van der Waals surface area contributed by atoms with Crippen LogP contribution in [0.4, 0.5) is 0 Å². The van der Waals surface area contributed by atoms with Gasteiger partial charge in [-0.1, -0.05) is 49.9 Å². The van der Waals surface area contributed by atoms with E-state index in [0.29, 0.717) is 0 Å². The van der Waals surface area contributed by atoms with Crippen LogP contribution < -0.4 is 0 Å². The Hall–Kier alpha value is -0.780. The van der Waals surface area contributed by atoms with Crippen LogP contribution in [0.5, 0.6) is 0 Å². The highest BCUT2D eigenvalue weighted by atomic mass is 14.3. The highest BCUT2D eigenvalue weighted by Crippen LogP contribution is 2.37. The average Bonchev–Trinajstić information content (AvgIpc) is 2.61. The van der Waals surface area contributed by atoms with Gasteiger partial charge in [0.15, 0.2) is 0 Å². The lowest BCUT2D eigenvalue weighted by atomic mass is 9.83. The van der Waals surface area contributed by atoms with Gasteiger partial charge in [-0.25, -0.2) is 0 Å². The predicted molar refractivity (Wildman–Crippen MR) is 68.5 cm³/mol. The van der Waals surface area contributed by atoms with Gasteiger partial charge in [0.05, 0.1) is 0 Å². The number of hydrogen-bond acceptors (Lipinski definition) is 0. The number of aryl methyl sites for hydroxylation is 1. The second-order valence-corrected chi connectivity index (χ2v) is 5.67. The number of fused-ring (bicyclic) bond motifs is 2. The largest absolute Gasteiger partial charge is 0.0620 e. The molecular weight excluding hydrogens is 192 g/mol. The van der Waals surface area contributed by atoms with Gasteiger partial charge in [0.25, 0.3) is 0 Å². The minimum atomic E-state index is 0.992. The molecule has 86 valence electrons. The van der Waals surface area contributed by atoms with Crippen molar-refractivity contribution < 1.29 is 0 Å². The first-order valence-electron chi connectivity index (χ1n) is 7.00. The van der Waals surface area contributed by atoms with E-state index in [1.807, 2.05) is 0 Å². The summed E-state index contributed by atoms with van der Waals surface area (Å²) in [6.07, 6.45) is 11.6.